The number of aliphatic hydroxyl groups is 1. The zero-order valence-electron chi connectivity index (χ0n) is 7.00. The van der Waals surface area contributed by atoms with Gasteiger partial charge in [0.1, 0.15) is 0 Å². The van der Waals surface area contributed by atoms with E-state index in [-0.39, 0.29) is 24.0 Å². The van der Waals surface area contributed by atoms with Gasteiger partial charge in [0, 0.05) is 12.0 Å². The lowest BCUT2D eigenvalue weighted by atomic mass is 9.89. The minimum atomic E-state index is -0.188. The van der Waals surface area contributed by atoms with Crippen LogP contribution < -0.4 is 5.32 Å². The highest BCUT2D eigenvalue weighted by Gasteiger charge is 2.28. The van der Waals surface area contributed by atoms with Crippen molar-refractivity contribution < 1.29 is 9.90 Å². The van der Waals surface area contributed by atoms with Gasteiger partial charge in [0.15, 0.2) is 0 Å². The molecule has 0 spiro atoms. The molecule has 1 amide bonds. The van der Waals surface area contributed by atoms with Crippen LogP contribution in [0.15, 0.2) is 0 Å². The van der Waals surface area contributed by atoms with Crippen LogP contribution in [-0.4, -0.2) is 23.2 Å². The predicted octanol–water partition coefficient (Wildman–Crippen LogP) is 0.282. The van der Waals surface area contributed by atoms with Crippen LogP contribution in [-0.2, 0) is 4.79 Å². The maximum absolute atomic E-state index is 11.1. The number of carbonyl (C=O) groups is 1. The van der Waals surface area contributed by atoms with Crippen molar-refractivity contribution in [1.29, 1.82) is 0 Å². The summed E-state index contributed by atoms with van der Waals surface area (Å²) < 4.78 is 0. The first-order valence-corrected chi connectivity index (χ1v) is 4.08. The van der Waals surface area contributed by atoms with Crippen LogP contribution >= 0.6 is 0 Å². The smallest absolute Gasteiger partial charge is 0.222 e. The van der Waals surface area contributed by atoms with E-state index >= 15 is 0 Å². The molecule has 0 atom stereocenters. The largest absolute Gasteiger partial charge is 0.393 e. The van der Waals surface area contributed by atoms with E-state index in [1.807, 2.05) is 13.8 Å². The van der Waals surface area contributed by atoms with E-state index in [1.54, 1.807) is 0 Å². The first-order valence-electron chi connectivity index (χ1n) is 4.08. The molecule has 1 saturated carbocycles. The van der Waals surface area contributed by atoms with Crippen LogP contribution in [0.4, 0.5) is 0 Å². The molecule has 0 aliphatic heterocycles. The Bertz CT molecular complexity index is 150. The van der Waals surface area contributed by atoms with Gasteiger partial charge in [-0.05, 0) is 12.8 Å². The first kappa shape index (κ1) is 8.53. The summed E-state index contributed by atoms with van der Waals surface area (Å²) in [5.74, 6) is 0.134. The van der Waals surface area contributed by atoms with E-state index in [2.05, 4.69) is 5.32 Å². The maximum Gasteiger partial charge on any atom is 0.222 e. The van der Waals surface area contributed by atoms with Crippen LogP contribution in [0.1, 0.15) is 26.7 Å². The van der Waals surface area contributed by atoms with E-state index < -0.39 is 0 Å². The van der Waals surface area contributed by atoms with Crippen molar-refractivity contribution in [2.75, 3.05) is 0 Å². The molecule has 0 saturated heterocycles. The van der Waals surface area contributed by atoms with Crippen molar-refractivity contribution in [2.24, 2.45) is 5.92 Å². The number of hydrogen-bond donors (Lipinski definition) is 2. The Morgan fingerprint density at radius 3 is 2.45 bits per heavy atom. The summed E-state index contributed by atoms with van der Waals surface area (Å²) in [6, 6.07) is 0.222. The Balaban J connectivity index is 2.17. The molecule has 2 N–H and O–H groups in total. The van der Waals surface area contributed by atoms with Crippen molar-refractivity contribution in [3.8, 4) is 0 Å². The van der Waals surface area contributed by atoms with Gasteiger partial charge in [-0.1, -0.05) is 13.8 Å². The molecular formula is C8H15NO2. The van der Waals surface area contributed by atoms with Crippen molar-refractivity contribution >= 4 is 5.91 Å². The Morgan fingerprint density at radius 1 is 1.55 bits per heavy atom. The highest BCUT2D eigenvalue weighted by atomic mass is 16.3. The second-order valence-electron chi connectivity index (χ2n) is 3.49. The van der Waals surface area contributed by atoms with E-state index in [0.717, 1.165) is 12.8 Å². The molecule has 3 heteroatoms. The van der Waals surface area contributed by atoms with E-state index in [4.69, 9.17) is 5.11 Å². The topological polar surface area (TPSA) is 49.3 Å². The Kier molecular flexibility index (Phi) is 2.49. The molecular weight excluding hydrogens is 142 g/mol. The summed E-state index contributed by atoms with van der Waals surface area (Å²) >= 11 is 0. The molecule has 0 aromatic carbocycles. The first-order chi connectivity index (χ1) is 5.09. The predicted molar refractivity (Wildman–Crippen MR) is 42.0 cm³/mol. The summed E-state index contributed by atoms with van der Waals surface area (Å²) in [7, 11) is 0. The average molecular weight is 157 g/mol. The Morgan fingerprint density at radius 2 is 2.09 bits per heavy atom. The fourth-order valence-corrected chi connectivity index (χ4v) is 1.07. The van der Waals surface area contributed by atoms with Gasteiger partial charge in [0.25, 0.3) is 0 Å². The normalized spacial score (nSPS) is 29.8. The quantitative estimate of drug-likeness (QED) is 0.605. The number of hydrogen-bond acceptors (Lipinski definition) is 2. The Hall–Kier alpha value is -0.570. The molecule has 1 rings (SSSR count). The van der Waals surface area contributed by atoms with Gasteiger partial charge >= 0.3 is 0 Å². The van der Waals surface area contributed by atoms with Crippen LogP contribution in [0.5, 0.6) is 0 Å². The summed E-state index contributed by atoms with van der Waals surface area (Å²) in [5.41, 5.74) is 0. The lowest BCUT2D eigenvalue weighted by Gasteiger charge is -2.32. The number of aliphatic hydroxyl groups excluding tert-OH is 1. The number of carbonyl (C=O) groups excluding carboxylic acids is 1. The molecule has 64 valence electrons. The highest BCUT2D eigenvalue weighted by molar-refractivity contribution is 5.78. The second kappa shape index (κ2) is 3.22. The van der Waals surface area contributed by atoms with Gasteiger partial charge in [-0.15, -0.1) is 0 Å². The minimum absolute atomic E-state index is 0.0488. The van der Waals surface area contributed by atoms with E-state index in [9.17, 15) is 4.79 Å². The lowest BCUT2D eigenvalue weighted by Crippen LogP contribution is -2.47. The van der Waals surface area contributed by atoms with Crippen LogP contribution in [0.2, 0.25) is 0 Å². The third-order valence-electron chi connectivity index (χ3n) is 1.98. The van der Waals surface area contributed by atoms with Gasteiger partial charge < -0.3 is 10.4 Å². The average Bonchev–Trinajstić information content (AvgIpc) is 1.84. The van der Waals surface area contributed by atoms with Crippen LogP contribution in [0, 0.1) is 5.92 Å². The molecule has 0 heterocycles. The molecule has 1 aliphatic carbocycles. The van der Waals surface area contributed by atoms with Crippen molar-refractivity contribution in [3.05, 3.63) is 0 Å². The van der Waals surface area contributed by atoms with Gasteiger partial charge in [-0.3, -0.25) is 4.79 Å². The number of nitrogens with one attached hydrogen (secondary N) is 1. The molecule has 0 unspecified atom stereocenters. The van der Waals surface area contributed by atoms with E-state index in [0.29, 0.717) is 0 Å². The Labute approximate surface area is 66.8 Å². The molecule has 1 fully saturated rings. The third-order valence-corrected chi connectivity index (χ3v) is 1.98. The maximum atomic E-state index is 11.1. The standard InChI is InChI=1S/C8H15NO2/c1-5(2)8(11)9-6-3-7(10)4-6/h5-7,10H,3-4H2,1-2H3,(H,9,11)/t6-,7-. The molecule has 0 aromatic heterocycles. The molecule has 0 aromatic rings. The zero-order chi connectivity index (χ0) is 8.43. The summed E-state index contributed by atoms with van der Waals surface area (Å²) in [6.45, 7) is 3.73. The van der Waals surface area contributed by atoms with E-state index in [1.165, 1.54) is 0 Å². The number of amides is 1. The van der Waals surface area contributed by atoms with Gasteiger partial charge in [0.2, 0.25) is 5.91 Å². The molecule has 3 nitrogen and oxygen atoms in total. The summed E-state index contributed by atoms with van der Waals surface area (Å²) in [4.78, 5) is 11.1. The SMILES string of the molecule is CC(C)C(=O)N[C@H]1C[C@H](O)C1. The molecule has 0 radical (unpaired) electrons. The molecule has 0 bridgehead atoms. The summed E-state index contributed by atoms with van der Waals surface area (Å²) in [5, 5.41) is 11.8. The van der Waals surface area contributed by atoms with Crippen molar-refractivity contribution in [3.63, 3.8) is 0 Å². The van der Waals surface area contributed by atoms with Crippen molar-refractivity contribution in [2.45, 2.75) is 38.8 Å². The second-order valence-corrected chi connectivity index (χ2v) is 3.49. The van der Waals surface area contributed by atoms with Gasteiger partial charge in [0.05, 0.1) is 6.10 Å². The van der Waals surface area contributed by atoms with Crippen LogP contribution in [0.25, 0.3) is 0 Å². The molecule has 11 heavy (non-hydrogen) atoms. The zero-order valence-corrected chi connectivity index (χ0v) is 7.00. The monoisotopic (exact) mass is 157 g/mol. The fraction of sp³-hybridized carbons (Fsp3) is 0.875. The lowest BCUT2D eigenvalue weighted by molar-refractivity contribution is -0.126. The van der Waals surface area contributed by atoms with Gasteiger partial charge in [-0.2, -0.15) is 0 Å². The fourth-order valence-electron chi connectivity index (χ4n) is 1.07. The van der Waals surface area contributed by atoms with Crippen molar-refractivity contribution in [1.82, 2.24) is 5.32 Å². The third kappa shape index (κ3) is 2.19. The minimum Gasteiger partial charge on any atom is -0.393 e. The van der Waals surface area contributed by atoms with Gasteiger partial charge in [-0.25, -0.2) is 0 Å². The summed E-state index contributed by atoms with van der Waals surface area (Å²) in [6.07, 6.45) is 1.25. The number of rotatable bonds is 2. The molecule has 1 aliphatic rings. The van der Waals surface area contributed by atoms with Crippen LogP contribution in [0.3, 0.4) is 0 Å². The highest BCUT2D eigenvalue weighted by Crippen LogP contribution is 2.19.